The van der Waals surface area contributed by atoms with Crippen molar-refractivity contribution < 1.29 is 16.5 Å². The molecule has 0 nitrogen and oxygen atoms in total. The molecule has 0 unspecified atom stereocenters. The topological polar surface area (TPSA) is 0 Å². The van der Waals surface area contributed by atoms with Crippen molar-refractivity contribution >= 4 is 49.5 Å². The SMILES string of the molecule is Cc1[c-]cccc1.Cl.[Ni].c1ccc(P(CC[PH+](c2ccccc2)c2ccccc2)c2ccccc2)cc1. The van der Waals surface area contributed by atoms with Gasteiger partial charge in [-0.2, -0.15) is 35.9 Å². The molecule has 37 heavy (non-hydrogen) atoms. The number of halogens is 1. The van der Waals surface area contributed by atoms with Gasteiger partial charge in [0.2, 0.25) is 0 Å². The molecule has 0 fully saturated rings. The third-order valence-electron chi connectivity index (χ3n) is 5.83. The van der Waals surface area contributed by atoms with Crippen LogP contribution in [0.3, 0.4) is 0 Å². The standard InChI is InChI=1S/C26H24P2.C7H7.ClH.Ni/c1-5-13-23(14-6-1)27(24-15-7-2-8-16-24)21-22-28(25-17-9-3-10-18-25)26-19-11-4-12-20-26;1-7-5-3-2-4-6-7;;/h1-20H,21-22H2;2-5H,1H3;1H;/q;-1;;/p+1. The minimum absolute atomic E-state index is 0. The monoisotopic (exact) mass is 584 g/mol. The molecule has 0 radical (unpaired) electrons. The van der Waals surface area contributed by atoms with E-state index in [9.17, 15) is 0 Å². The molecular formula is C33H33ClNiP2. The van der Waals surface area contributed by atoms with Crippen LogP contribution in [0.15, 0.2) is 146 Å². The average molecular weight is 586 g/mol. The molecular weight excluding hydrogens is 552 g/mol. The van der Waals surface area contributed by atoms with Crippen molar-refractivity contribution in [1.82, 2.24) is 0 Å². The Bertz CT molecular complexity index is 1080. The molecule has 0 aliphatic heterocycles. The molecule has 0 aromatic heterocycles. The normalized spacial score (nSPS) is 10.0. The van der Waals surface area contributed by atoms with Gasteiger partial charge in [0.1, 0.15) is 0 Å². The van der Waals surface area contributed by atoms with Crippen LogP contribution in [0, 0.1) is 13.0 Å². The first-order valence-corrected chi connectivity index (χ1v) is 15.3. The van der Waals surface area contributed by atoms with Crippen LogP contribution in [0.25, 0.3) is 0 Å². The largest absolute Gasteiger partial charge is 0.181 e. The van der Waals surface area contributed by atoms with Crippen LogP contribution in [0.5, 0.6) is 0 Å². The molecule has 0 aliphatic rings. The summed E-state index contributed by atoms with van der Waals surface area (Å²) in [5.41, 5.74) is 1.20. The van der Waals surface area contributed by atoms with Crippen molar-refractivity contribution in [2.75, 3.05) is 12.3 Å². The summed E-state index contributed by atoms with van der Waals surface area (Å²) in [4.78, 5) is 0. The smallest absolute Gasteiger partial charge is 0.0967 e. The van der Waals surface area contributed by atoms with Gasteiger partial charge in [-0.1, -0.05) is 104 Å². The second-order valence-corrected chi connectivity index (χ2v) is 13.3. The molecule has 5 rings (SSSR count). The zero-order valence-electron chi connectivity index (χ0n) is 20.9. The van der Waals surface area contributed by atoms with Crippen molar-refractivity contribution in [1.29, 1.82) is 0 Å². The van der Waals surface area contributed by atoms with Gasteiger partial charge in [-0.15, -0.1) is 12.4 Å². The molecule has 5 aromatic carbocycles. The van der Waals surface area contributed by atoms with Crippen molar-refractivity contribution in [3.8, 4) is 0 Å². The number of rotatable bonds is 7. The Hall–Kier alpha value is -2.26. The van der Waals surface area contributed by atoms with E-state index in [0.29, 0.717) is 0 Å². The minimum atomic E-state index is -0.793. The Balaban J connectivity index is 0.000000466. The van der Waals surface area contributed by atoms with E-state index < -0.39 is 7.92 Å². The Labute approximate surface area is 241 Å². The van der Waals surface area contributed by atoms with Gasteiger partial charge in [0, 0.05) is 22.7 Å². The van der Waals surface area contributed by atoms with Crippen LogP contribution < -0.4 is 21.2 Å². The van der Waals surface area contributed by atoms with Crippen LogP contribution in [0.4, 0.5) is 0 Å². The molecule has 0 aliphatic carbocycles. The minimum Gasteiger partial charge on any atom is -0.181 e. The van der Waals surface area contributed by atoms with Gasteiger partial charge in [-0.3, -0.25) is 0 Å². The van der Waals surface area contributed by atoms with E-state index in [0.717, 1.165) is 0 Å². The molecule has 0 saturated heterocycles. The van der Waals surface area contributed by atoms with E-state index in [1.54, 1.807) is 0 Å². The average Bonchev–Trinajstić information content (AvgIpc) is 2.94. The second-order valence-electron chi connectivity index (χ2n) is 8.33. The predicted octanol–water partition coefficient (Wildman–Crippen LogP) is 7.20. The van der Waals surface area contributed by atoms with E-state index in [1.165, 1.54) is 39.1 Å². The maximum atomic E-state index is 3.03. The van der Waals surface area contributed by atoms with E-state index >= 15 is 0 Å². The first-order valence-electron chi connectivity index (χ1n) is 12.1. The second kappa shape index (κ2) is 17.3. The van der Waals surface area contributed by atoms with Crippen LogP contribution >= 0.6 is 28.3 Å². The predicted molar refractivity (Wildman–Crippen MR) is 167 cm³/mol. The van der Waals surface area contributed by atoms with E-state index in [1.807, 2.05) is 31.2 Å². The van der Waals surface area contributed by atoms with Crippen molar-refractivity contribution in [3.05, 3.63) is 157 Å². The quantitative estimate of drug-likeness (QED) is 0.108. The summed E-state index contributed by atoms with van der Waals surface area (Å²) in [5, 5.41) is 5.97. The summed E-state index contributed by atoms with van der Waals surface area (Å²) >= 11 is 0. The van der Waals surface area contributed by atoms with Crippen LogP contribution in [-0.2, 0) is 16.5 Å². The molecule has 0 amide bonds. The van der Waals surface area contributed by atoms with E-state index in [2.05, 4.69) is 127 Å². The van der Waals surface area contributed by atoms with Gasteiger partial charge >= 0.3 is 0 Å². The van der Waals surface area contributed by atoms with Gasteiger partial charge in [0.05, 0.1) is 24.7 Å². The van der Waals surface area contributed by atoms with Gasteiger partial charge in [-0.05, 0) is 42.8 Å². The van der Waals surface area contributed by atoms with Gasteiger partial charge in [-0.25, -0.2) is 0 Å². The Kier molecular flexibility index (Phi) is 14.5. The summed E-state index contributed by atoms with van der Waals surface area (Å²) in [5.74, 6) is 0. The number of hydrogen-bond acceptors (Lipinski definition) is 0. The summed E-state index contributed by atoms with van der Waals surface area (Å²) in [7, 11) is -1.13. The molecule has 0 spiro atoms. The van der Waals surface area contributed by atoms with Crippen molar-refractivity contribution in [2.45, 2.75) is 6.92 Å². The van der Waals surface area contributed by atoms with Crippen molar-refractivity contribution in [3.63, 3.8) is 0 Å². The fourth-order valence-corrected chi connectivity index (χ4v) is 9.83. The van der Waals surface area contributed by atoms with Crippen molar-refractivity contribution in [2.24, 2.45) is 0 Å². The molecule has 0 atom stereocenters. The summed E-state index contributed by atoms with van der Waals surface area (Å²) in [6.07, 6.45) is 2.47. The third kappa shape index (κ3) is 9.85. The van der Waals surface area contributed by atoms with Gasteiger partial charge in [0.25, 0.3) is 0 Å². The van der Waals surface area contributed by atoms with E-state index in [4.69, 9.17) is 0 Å². The van der Waals surface area contributed by atoms with Crippen LogP contribution in [0.1, 0.15) is 5.56 Å². The molecule has 0 N–H and O–H groups in total. The Morgan fingerprint density at radius 3 is 1.32 bits per heavy atom. The van der Waals surface area contributed by atoms with E-state index in [-0.39, 0.29) is 36.8 Å². The summed E-state index contributed by atoms with van der Waals surface area (Å²) < 4.78 is 0. The molecule has 0 bridgehead atoms. The molecule has 4 heteroatoms. The molecule has 0 saturated carbocycles. The fraction of sp³-hybridized carbons (Fsp3) is 0.0909. The van der Waals surface area contributed by atoms with Gasteiger partial charge < -0.3 is 0 Å². The zero-order valence-corrected chi connectivity index (χ0v) is 24.6. The molecule has 0 heterocycles. The Morgan fingerprint density at radius 2 is 0.973 bits per heavy atom. The Morgan fingerprint density at radius 1 is 0.568 bits per heavy atom. The first-order chi connectivity index (χ1) is 17.3. The number of hydrogen-bond donors (Lipinski definition) is 0. The van der Waals surface area contributed by atoms with Crippen LogP contribution in [0.2, 0.25) is 0 Å². The maximum Gasteiger partial charge on any atom is 0.0967 e. The molecule has 5 aromatic rings. The third-order valence-corrected chi connectivity index (χ3v) is 11.6. The van der Waals surface area contributed by atoms with Crippen LogP contribution in [-0.4, -0.2) is 12.3 Å². The number of aryl methyl sites for hydroxylation is 1. The number of benzene rings is 5. The fourth-order valence-electron chi connectivity index (χ4n) is 4.06. The summed E-state index contributed by atoms with van der Waals surface area (Å²) in [6.45, 7) is 2.03. The zero-order chi connectivity index (χ0) is 24.1. The maximum absolute atomic E-state index is 3.03. The van der Waals surface area contributed by atoms with Gasteiger partial charge in [0.15, 0.2) is 0 Å². The first kappa shape index (κ1) is 31.0. The summed E-state index contributed by atoms with van der Waals surface area (Å²) in [6, 6.07) is 55.3. The molecule has 192 valence electrons.